The van der Waals surface area contributed by atoms with Crippen LogP contribution in [0.4, 0.5) is 0 Å². The highest BCUT2D eigenvalue weighted by molar-refractivity contribution is 6.01. The number of aliphatic hydroxyl groups is 2. The van der Waals surface area contributed by atoms with Crippen LogP contribution in [0.15, 0.2) is 47.1 Å². The lowest BCUT2D eigenvalue weighted by molar-refractivity contribution is -0.180. The number of aliphatic hydroxyl groups excluding tert-OH is 1. The van der Waals surface area contributed by atoms with Crippen LogP contribution in [0, 0.1) is 28.6 Å². The molecule has 4 aliphatic carbocycles. The second kappa shape index (κ2) is 10.1. The van der Waals surface area contributed by atoms with Crippen LogP contribution in [0.5, 0.6) is 0 Å². The number of carbonyl (C=O) groups excluding carboxylic acids is 3. The van der Waals surface area contributed by atoms with Crippen molar-refractivity contribution in [2.24, 2.45) is 28.6 Å². The van der Waals surface area contributed by atoms with E-state index >= 15 is 0 Å². The Morgan fingerprint density at radius 3 is 2.62 bits per heavy atom. The number of ketones is 2. The van der Waals surface area contributed by atoms with Gasteiger partial charge < -0.3 is 14.9 Å². The van der Waals surface area contributed by atoms with E-state index in [9.17, 15) is 24.6 Å². The molecule has 0 aromatic rings. The number of fused-ring (bicyclic) bond motifs is 5. The van der Waals surface area contributed by atoms with Crippen LogP contribution in [0.3, 0.4) is 0 Å². The summed E-state index contributed by atoms with van der Waals surface area (Å²) in [5, 5.41) is 23.2. The average molecular weight is 511 g/mol. The molecule has 4 rings (SSSR count). The van der Waals surface area contributed by atoms with E-state index in [2.05, 4.69) is 13.0 Å². The van der Waals surface area contributed by atoms with E-state index in [1.165, 1.54) is 11.6 Å². The zero-order chi connectivity index (χ0) is 27.2. The summed E-state index contributed by atoms with van der Waals surface area (Å²) < 4.78 is 5.28. The molecule has 3 saturated carbocycles. The van der Waals surface area contributed by atoms with Crippen molar-refractivity contribution in [2.45, 2.75) is 91.3 Å². The molecule has 0 heterocycles. The summed E-state index contributed by atoms with van der Waals surface area (Å²) in [4.78, 5) is 37.7. The maximum Gasteiger partial charge on any atom is 0.331 e. The van der Waals surface area contributed by atoms with Crippen LogP contribution >= 0.6 is 0 Å². The third-order valence-corrected chi connectivity index (χ3v) is 9.91. The minimum atomic E-state index is -1.65. The fraction of sp³-hybridized carbons (Fsp3) is 0.645. The maximum absolute atomic E-state index is 13.4. The fourth-order valence-electron chi connectivity index (χ4n) is 7.95. The summed E-state index contributed by atoms with van der Waals surface area (Å²) in [6.45, 7) is 9.47. The molecule has 7 atom stereocenters. The Morgan fingerprint density at radius 2 is 1.92 bits per heavy atom. The van der Waals surface area contributed by atoms with Gasteiger partial charge in [0.05, 0.1) is 6.10 Å². The predicted octanol–water partition coefficient (Wildman–Crippen LogP) is 4.80. The van der Waals surface area contributed by atoms with Gasteiger partial charge >= 0.3 is 5.97 Å². The molecular formula is C31H42O6. The topological polar surface area (TPSA) is 101 Å². The van der Waals surface area contributed by atoms with Gasteiger partial charge in [0.25, 0.3) is 0 Å². The first-order chi connectivity index (χ1) is 17.3. The normalized spacial score (nSPS) is 38.7. The number of hydrogen-bond acceptors (Lipinski definition) is 6. The van der Waals surface area contributed by atoms with Crippen molar-refractivity contribution < 1.29 is 29.3 Å². The second-order valence-corrected chi connectivity index (χ2v) is 12.5. The van der Waals surface area contributed by atoms with E-state index in [0.29, 0.717) is 19.3 Å². The van der Waals surface area contributed by atoms with E-state index in [-0.39, 0.29) is 23.5 Å². The van der Waals surface area contributed by atoms with Crippen molar-refractivity contribution in [3.05, 3.63) is 47.1 Å². The Kier molecular flexibility index (Phi) is 7.57. The molecule has 0 aliphatic heterocycles. The Balaban J connectivity index is 1.46. The molecule has 0 radical (unpaired) electrons. The van der Waals surface area contributed by atoms with Gasteiger partial charge in [-0.3, -0.25) is 9.59 Å². The first-order valence-electron chi connectivity index (χ1n) is 13.7. The lowest BCUT2D eigenvalue weighted by atomic mass is 9.46. The monoisotopic (exact) mass is 510 g/mol. The Morgan fingerprint density at radius 1 is 1.19 bits per heavy atom. The van der Waals surface area contributed by atoms with Crippen LogP contribution < -0.4 is 0 Å². The number of rotatable bonds is 7. The van der Waals surface area contributed by atoms with Gasteiger partial charge in [0.15, 0.2) is 12.4 Å². The molecule has 202 valence electrons. The van der Waals surface area contributed by atoms with Crippen molar-refractivity contribution in [1.82, 2.24) is 0 Å². The number of carbonyl (C=O) groups is 3. The van der Waals surface area contributed by atoms with Crippen molar-refractivity contribution in [3.63, 3.8) is 0 Å². The number of Topliss-reactive ketones (excluding diaryl/α,β-unsaturated/α-hetero) is 1. The molecular weight excluding hydrogens is 468 g/mol. The summed E-state index contributed by atoms with van der Waals surface area (Å²) in [5.41, 5.74) is 0.319. The molecule has 6 nitrogen and oxygen atoms in total. The minimum absolute atomic E-state index is 0.00520. The van der Waals surface area contributed by atoms with Crippen LogP contribution in [0.25, 0.3) is 0 Å². The van der Waals surface area contributed by atoms with Crippen LogP contribution in [0.1, 0.15) is 79.6 Å². The van der Waals surface area contributed by atoms with Gasteiger partial charge in [-0.1, -0.05) is 42.7 Å². The van der Waals surface area contributed by atoms with E-state index in [4.69, 9.17) is 4.74 Å². The molecule has 3 fully saturated rings. The van der Waals surface area contributed by atoms with Crippen molar-refractivity contribution >= 4 is 17.5 Å². The van der Waals surface area contributed by atoms with Crippen molar-refractivity contribution in [1.29, 1.82) is 0 Å². The summed E-state index contributed by atoms with van der Waals surface area (Å²) in [6.07, 6.45) is 12.5. The highest BCUT2D eigenvalue weighted by Crippen LogP contribution is 2.67. The first kappa shape index (κ1) is 27.7. The van der Waals surface area contributed by atoms with Crippen LogP contribution in [0.2, 0.25) is 0 Å². The summed E-state index contributed by atoms with van der Waals surface area (Å²) in [5.74, 6) is -0.943. The summed E-state index contributed by atoms with van der Waals surface area (Å²) in [7, 11) is 0. The molecule has 0 unspecified atom stereocenters. The van der Waals surface area contributed by atoms with Crippen LogP contribution in [-0.2, 0) is 19.1 Å². The van der Waals surface area contributed by atoms with Gasteiger partial charge in [-0.25, -0.2) is 4.79 Å². The lowest BCUT2D eigenvalue weighted by Gasteiger charge is -2.59. The smallest absolute Gasteiger partial charge is 0.331 e. The molecule has 0 spiro atoms. The number of esters is 1. The molecule has 0 aromatic heterocycles. The Hall–Kier alpha value is -2.31. The fourth-order valence-corrected chi connectivity index (χ4v) is 7.95. The standard InChI is InChI=1S/C31H42O6/c1-19(2)7-6-8-20(3)15-27(35)37-18-26(34)31(36)14-12-24-23-10-9-21-16-22(32)11-13-29(21,4)28(23)25(33)17-30(24,31)5/h7,11,13,15-16,23-25,28,33,36H,6,8-10,12,14,17-18H2,1-5H3/b20-15+/t23-,24-,25-,28+,29-,30-,31-/m0/s1. The van der Waals surface area contributed by atoms with Gasteiger partial charge in [-0.15, -0.1) is 0 Å². The quantitative estimate of drug-likeness (QED) is 0.290. The molecule has 0 saturated heterocycles. The SMILES string of the molecule is CC(C)=CCC/C(C)=C/C(=O)OCC(=O)[C@@]1(O)CC[C@H]2[C@@H]3CCC4=CC(=O)C=C[C@]4(C)[C@H]3[C@@H](O)C[C@@]21C. The van der Waals surface area contributed by atoms with E-state index in [0.717, 1.165) is 36.8 Å². The molecule has 2 N–H and O–H groups in total. The molecule has 0 aromatic carbocycles. The van der Waals surface area contributed by atoms with Gasteiger partial charge in [-0.2, -0.15) is 0 Å². The highest BCUT2D eigenvalue weighted by atomic mass is 16.5. The maximum atomic E-state index is 13.4. The highest BCUT2D eigenvalue weighted by Gasteiger charge is 2.68. The number of ether oxygens (including phenoxy) is 1. The van der Waals surface area contributed by atoms with Crippen LogP contribution in [-0.4, -0.2) is 46.1 Å². The minimum Gasteiger partial charge on any atom is -0.454 e. The molecule has 6 heteroatoms. The first-order valence-corrected chi connectivity index (χ1v) is 13.7. The van der Waals surface area contributed by atoms with E-state index < -0.39 is 40.9 Å². The molecule has 0 bridgehead atoms. The lowest BCUT2D eigenvalue weighted by Crippen LogP contribution is -2.61. The second-order valence-electron chi connectivity index (χ2n) is 12.5. The average Bonchev–Trinajstić information content (AvgIpc) is 3.08. The predicted molar refractivity (Wildman–Crippen MR) is 141 cm³/mol. The Bertz CT molecular complexity index is 1090. The number of hydrogen-bond donors (Lipinski definition) is 2. The third kappa shape index (κ3) is 4.83. The van der Waals surface area contributed by atoms with Gasteiger partial charge in [-0.05, 0) is 89.7 Å². The zero-order valence-electron chi connectivity index (χ0n) is 22.9. The molecule has 37 heavy (non-hydrogen) atoms. The largest absolute Gasteiger partial charge is 0.454 e. The Labute approximate surface area is 220 Å². The molecule has 0 amide bonds. The van der Waals surface area contributed by atoms with Crippen molar-refractivity contribution in [3.8, 4) is 0 Å². The third-order valence-electron chi connectivity index (χ3n) is 9.91. The summed E-state index contributed by atoms with van der Waals surface area (Å²) in [6, 6.07) is 0. The number of allylic oxidation sites excluding steroid dienone is 7. The van der Waals surface area contributed by atoms with E-state index in [1.807, 2.05) is 33.8 Å². The van der Waals surface area contributed by atoms with E-state index in [1.54, 1.807) is 12.2 Å². The summed E-state index contributed by atoms with van der Waals surface area (Å²) >= 11 is 0. The molecule has 4 aliphatic rings. The van der Waals surface area contributed by atoms with Gasteiger partial charge in [0, 0.05) is 22.8 Å². The van der Waals surface area contributed by atoms with Crippen molar-refractivity contribution in [2.75, 3.05) is 6.61 Å². The van der Waals surface area contributed by atoms with Gasteiger partial charge in [0.2, 0.25) is 5.78 Å². The zero-order valence-corrected chi connectivity index (χ0v) is 22.9. The van der Waals surface area contributed by atoms with Gasteiger partial charge in [0.1, 0.15) is 5.60 Å².